The zero-order valence-corrected chi connectivity index (χ0v) is 13.1. The molecule has 0 saturated heterocycles. The van der Waals surface area contributed by atoms with E-state index in [-0.39, 0.29) is 17.4 Å². The third-order valence-corrected chi connectivity index (χ3v) is 4.96. The van der Waals surface area contributed by atoms with Crippen LogP contribution in [-0.4, -0.2) is 5.91 Å². The summed E-state index contributed by atoms with van der Waals surface area (Å²) in [6.07, 6.45) is 5.76. The Morgan fingerprint density at radius 1 is 1.27 bits per heavy atom. The van der Waals surface area contributed by atoms with Crippen LogP contribution in [0.2, 0.25) is 0 Å². The molecule has 1 N–H and O–H groups in total. The molecule has 0 bridgehead atoms. The van der Waals surface area contributed by atoms with Gasteiger partial charge in [-0.15, -0.1) is 6.58 Å². The first-order chi connectivity index (χ1) is 10.7. The Balaban J connectivity index is 1.83. The van der Waals surface area contributed by atoms with Gasteiger partial charge in [-0.1, -0.05) is 55.0 Å². The molecular formula is C20H23NO. The fourth-order valence-electron chi connectivity index (χ4n) is 3.46. The standard InChI is InChI=1S/C20H23NO/c1-3-12-20(13-7-14-20)19(22)21-15(2)17-11-6-9-16-8-4-5-10-18(16)17/h3-6,8-11,15H,1,7,12-14H2,2H3,(H,21,22)/t15-/m1/s1. The van der Waals surface area contributed by atoms with E-state index in [2.05, 4.69) is 49.2 Å². The highest BCUT2D eigenvalue weighted by Crippen LogP contribution is 2.44. The highest BCUT2D eigenvalue weighted by Gasteiger charge is 2.43. The van der Waals surface area contributed by atoms with Crippen molar-refractivity contribution in [2.75, 3.05) is 0 Å². The SMILES string of the molecule is C=CCC1(C(=O)N[C@H](C)c2cccc3ccccc23)CCC1. The van der Waals surface area contributed by atoms with Gasteiger partial charge in [0.2, 0.25) is 5.91 Å². The summed E-state index contributed by atoms with van der Waals surface area (Å²) in [5.74, 6) is 0.180. The van der Waals surface area contributed by atoms with Crippen LogP contribution in [0.1, 0.15) is 44.2 Å². The summed E-state index contributed by atoms with van der Waals surface area (Å²) in [6, 6.07) is 14.6. The summed E-state index contributed by atoms with van der Waals surface area (Å²) in [4.78, 5) is 12.7. The number of allylic oxidation sites excluding steroid dienone is 1. The normalized spacial score (nSPS) is 17.5. The Bertz CT molecular complexity index is 694. The highest BCUT2D eigenvalue weighted by atomic mass is 16.2. The van der Waals surface area contributed by atoms with Crippen LogP contribution in [0.3, 0.4) is 0 Å². The van der Waals surface area contributed by atoms with Crippen molar-refractivity contribution in [2.45, 2.75) is 38.6 Å². The van der Waals surface area contributed by atoms with Crippen LogP contribution in [0, 0.1) is 5.41 Å². The first-order valence-corrected chi connectivity index (χ1v) is 8.06. The molecule has 2 aromatic rings. The van der Waals surface area contributed by atoms with Gasteiger partial charge in [0.1, 0.15) is 0 Å². The van der Waals surface area contributed by atoms with E-state index in [9.17, 15) is 4.79 Å². The number of amides is 1. The highest BCUT2D eigenvalue weighted by molar-refractivity contribution is 5.88. The molecule has 2 nitrogen and oxygen atoms in total. The number of rotatable bonds is 5. The smallest absolute Gasteiger partial charge is 0.227 e. The van der Waals surface area contributed by atoms with Gasteiger partial charge in [0.15, 0.2) is 0 Å². The van der Waals surface area contributed by atoms with Crippen LogP contribution >= 0.6 is 0 Å². The van der Waals surface area contributed by atoms with Crippen LogP contribution in [0.25, 0.3) is 10.8 Å². The molecule has 22 heavy (non-hydrogen) atoms. The molecule has 3 rings (SSSR count). The van der Waals surface area contributed by atoms with Gasteiger partial charge in [0.05, 0.1) is 11.5 Å². The molecule has 2 aromatic carbocycles. The molecule has 0 aromatic heterocycles. The summed E-state index contributed by atoms with van der Waals surface area (Å²) >= 11 is 0. The van der Waals surface area contributed by atoms with E-state index in [0.717, 1.165) is 25.7 Å². The fourth-order valence-corrected chi connectivity index (χ4v) is 3.46. The quantitative estimate of drug-likeness (QED) is 0.791. The summed E-state index contributed by atoms with van der Waals surface area (Å²) in [5.41, 5.74) is 0.972. The Kier molecular flexibility index (Phi) is 4.02. The van der Waals surface area contributed by atoms with E-state index < -0.39 is 0 Å². The van der Waals surface area contributed by atoms with Gasteiger partial charge in [-0.2, -0.15) is 0 Å². The molecule has 0 spiro atoms. The van der Waals surface area contributed by atoms with Crippen molar-refractivity contribution >= 4 is 16.7 Å². The number of hydrogen-bond acceptors (Lipinski definition) is 1. The first kappa shape index (κ1) is 14.8. The van der Waals surface area contributed by atoms with Gasteiger partial charge in [-0.05, 0) is 42.5 Å². The lowest BCUT2D eigenvalue weighted by Crippen LogP contribution is -2.46. The average molecular weight is 293 g/mol. The first-order valence-electron chi connectivity index (χ1n) is 8.06. The lowest BCUT2D eigenvalue weighted by Gasteiger charge is -2.40. The molecule has 1 aliphatic rings. The number of carbonyl (C=O) groups excluding carboxylic acids is 1. The van der Waals surface area contributed by atoms with Gasteiger partial charge in [-0.25, -0.2) is 0 Å². The molecule has 0 unspecified atom stereocenters. The zero-order valence-electron chi connectivity index (χ0n) is 13.1. The van der Waals surface area contributed by atoms with Crippen molar-refractivity contribution in [3.8, 4) is 0 Å². The number of carbonyl (C=O) groups is 1. The minimum absolute atomic E-state index is 0.0147. The number of nitrogens with one attached hydrogen (secondary N) is 1. The van der Waals surface area contributed by atoms with E-state index >= 15 is 0 Å². The second-order valence-electron chi connectivity index (χ2n) is 6.39. The minimum Gasteiger partial charge on any atom is -0.349 e. The van der Waals surface area contributed by atoms with Gasteiger partial charge in [-0.3, -0.25) is 4.79 Å². The molecule has 1 atom stereocenters. The molecule has 1 aliphatic carbocycles. The lowest BCUT2D eigenvalue weighted by molar-refractivity contribution is -0.136. The minimum atomic E-state index is -0.208. The zero-order chi connectivity index (χ0) is 15.6. The Labute approximate surface area is 132 Å². The summed E-state index contributed by atoms with van der Waals surface area (Å²) in [6.45, 7) is 5.88. The molecule has 1 fully saturated rings. The van der Waals surface area contributed by atoms with Crippen LogP contribution in [0.5, 0.6) is 0 Å². The van der Waals surface area contributed by atoms with E-state index in [1.54, 1.807) is 0 Å². The van der Waals surface area contributed by atoms with Crippen LogP contribution < -0.4 is 5.32 Å². The van der Waals surface area contributed by atoms with Crippen LogP contribution in [0.15, 0.2) is 55.1 Å². The van der Waals surface area contributed by atoms with Gasteiger partial charge in [0.25, 0.3) is 0 Å². The lowest BCUT2D eigenvalue weighted by atomic mass is 9.66. The Morgan fingerprint density at radius 3 is 2.68 bits per heavy atom. The monoisotopic (exact) mass is 293 g/mol. The third-order valence-electron chi connectivity index (χ3n) is 4.96. The van der Waals surface area contributed by atoms with Crippen molar-refractivity contribution in [2.24, 2.45) is 5.41 Å². The largest absolute Gasteiger partial charge is 0.349 e. The van der Waals surface area contributed by atoms with Crippen LogP contribution in [0.4, 0.5) is 0 Å². The van der Waals surface area contributed by atoms with Crippen molar-refractivity contribution < 1.29 is 4.79 Å². The summed E-state index contributed by atoms with van der Waals surface area (Å²) in [7, 11) is 0. The second-order valence-corrected chi connectivity index (χ2v) is 6.39. The number of fused-ring (bicyclic) bond motifs is 1. The molecular weight excluding hydrogens is 270 g/mol. The maximum atomic E-state index is 12.7. The maximum Gasteiger partial charge on any atom is 0.227 e. The number of hydrogen-bond donors (Lipinski definition) is 1. The van der Waals surface area contributed by atoms with Crippen molar-refractivity contribution in [3.63, 3.8) is 0 Å². The van der Waals surface area contributed by atoms with Gasteiger partial charge in [0, 0.05) is 0 Å². The molecule has 2 heteroatoms. The second kappa shape index (κ2) is 5.96. The molecule has 114 valence electrons. The number of benzene rings is 2. The van der Waals surface area contributed by atoms with Crippen molar-refractivity contribution in [3.05, 3.63) is 60.7 Å². The topological polar surface area (TPSA) is 29.1 Å². The molecule has 1 saturated carbocycles. The summed E-state index contributed by atoms with van der Waals surface area (Å²) < 4.78 is 0. The predicted octanol–water partition coefficient (Wildman–Crippen LogP) is 4.76. The summed E-state index contributed by atoms with van der Waals surface area (Å²) in [5, 5.41) is 5.65. The fraction of sp³-hybridized carbons (Fsp3) is 0.350. The molecule has 0 radical (unpaired) electrons. The van der Waals surface area contributed by atoms with Gasteiger partial charge >= 0.3 is 0 Å². The van der Waals surface area contributed by atoms with E-state index in [4.69, 9.17) is 0 Å². The van der Waals surface area contributed by atoms with E-state index in [1.807, 2.05) is 18.2 Å². The van der Waals surface area contributed by atoms with Crippen LogP contribution in [-0.2, 0) is 4.79 Å². The van der Waals surface area contributed by atoms with Crippen molar-refractivity contribution in [1.29, 1.82) is 0 Å². The van der Waals surface area contributed by atoms with Gasteiger partial charge < -0.3 is 5.32 Å². The maximum absolute atomic E-state index is 12.7. The predicted molar refractivity (Wildman–Crippen MR) is 91.6 cm³/mol. The Morgan fingerprint density at radius 2 is 2.00 bits per heavy atom. The third kappa shape index (κ3) is 2.54. The van der Waals surface area contributed by atoms with E-state index in [1.165, 1.54) is 16.3 Å². The molecule has 0 heterocycles. The van der Waals surface area contributed by atoms with Crippen molar-refractivity contribution in [1.82, 2.24) is 5.32 Å². The molecule has 0 aliphatic heterocycles. The van der Waals surface area contributed by atoms with E-state index in [0.29, 0.717) is 0 Å². The molecule has 1 amide bonds. The Hall–Kier alpha value is -2.09. The average Bonchev–Trinajstić information content (AvgIpc) is 2.50.